The molecule has 0 aliphatic carbocycles. The SMILES string of the molecule is CN(C)CC(=O)N1CCCCC1c1ccc(-c2ccc(C(N)=O)cc2)nc1. The van der Waals surface area contributed by atoms with Crippen LogP contribution in [0.3, 0.4) is 0 Å². The third kappa shape index (κ3) is 4.52. The molecule has 1 unspecified atom stereocenters. The number of pyridine rings is 1. The third-order valence-electron chi connectivity index (χ3n) is 4.91. The van der Waals surface area contributed by atoms with Gasteiger partial charge in [-0.2, -0.15) is 0 Å². The predicted octanol–water partition coefficient (Wildman–Crippen LogP) is 2.46. The fraction of sp³-hybridized carbons (Fsp3) is 0.381. The van der Waals surface area contributed by atoms with Crippen LogP contribution < -0.4 is 5.73 Å². The summed E-state index contributed by atoms with van der Waals surface area (Å²) in [6.07, 6.45) is 5.00. The highest BCUT2D eigenvalue weighted by molar-refractivity contribution is 5.93. The van der Waals surface area contributed by atoms with Crippen molar-refractivity contribution in [3.05, 3.63) is 53.7 Å². The summed E-state index contributed by atoms with van der Waals surface area (Å²) < 4.78 is 0. The summed E-state index contributed by atoms with van der Waals surface area (Å²) in [5.41, 5.74) is 8.59. The van der Waals surface area contributed by atoms with Crippen molar-refractivity contribution in [2.24, 2.45) is 5.73 Å². The van der Waals surface area contributed by atoms with Gasteiger partial charge >= 0.3 is 0 Å². The molecule has 142 valence electrons. The van der Waals surface area contributed by atoms with Crippen LogP contribution in [0.1, 0.15) is 41.2 Å². The smallest absolute Gasteiger partial charge is 0.248 e. The van der Waals surface area contributed by atoms with Crippen molar-refractivity contribution in [3.8, 4) is 11.3 Å². The van der Waals surface area contributed by atoms with E-state index in [-0.39, 0.29) is 11.9 Å². The molecule has 0 radical (unpaired) electrons. The summed E-state index contributed by atoms with van der Waals surface area (Å²) in [4.78, 5) is 32.3. The van der Waals surface area contributed by atoms with Crippen LogP contribution >= 0.6 is 0 Å². The van der Waals surface area contributed by atoms with Gasteiger partial charge in [0.05, 0.1) is 18.3 Å². The van der Waals surface area contributed by atoms with Crippen molar-refractivity contribution < 1.29 is 9.59 Å². The highest BCUT2D eigenvalue weighted by Gasteiger charge is 2.28. The lowest BCUT2D eigenvalue weighted by Crippen LogP contribution is -2.42. The Morgan fingerprint density at radius 3 is 2.48 bits per heavy atom. The molecule has 0 saturated carbocycles. The Morgan fingerprint density at radius 1 is 1.15 bits per heavy atom. The first-order valence-corrected chi connectivity index (χ1v) is 9.26. The van der Waals surface area contributed by atoms with Crippen LogP contribution in [-0.4, -0.2) is 53.8 Å². The topological polar surface area (TPSA) is 79.5 Å². The number of hydrogen-bond acceptors (Lipinski definition) is 4. The van der Waals surface area contributed by atoms with Crippen molar-refractivity contribution in [2.45, 2.75) is 25.3 Å². The molecule has 1 aliphatic heterocycles. The molecule has 2 heterocycles. The average Bonchev–Trinajstić information content (AvgIpc) is 2.67. The lowest BCUT2D eigenvalue weighted by atomic mass is 9.95. The molecule has 0 bridgehead atoms. The number of nitrogens with zero attached hydrogens (tertiary/aromatic N) is 3. The number of likely N-dealkylation sites (N-methyl/N-ethyl adjacent to an activating group) is 1. The monoisotopic (exact) mass is 366 g/mol. The number of amides is 2. The van der Waals surface area contributed by atoms with E-state index >= 15 is 0 Å². The van der Waals surface area contributed by atoms with Crippen LogP contribution in [0.2, 0.25) is 0 Å². The summed E-state index contributed by atoms with van der Waals surface area (Å²) in [7, 11) is 3.83. The number of rotatable bonds is 5. The molecular formula is C21H26N4O2. The summed E-state index contributed by atoms with van der Waals surface area (Å²) in [5.74, 6) is -0.277. The van der Waals surface area contributed by atoms with Gasteiger partial charge in [-0.05, 0) is 57.1 Å². The van der Waals surface area contributed by atoms with E-state index in [0.717, 1.165) is 42.6 Å². The molecule has 27 heavy (non-hydrogen) atoms. The fourth-order valence-corrected chi connectivity index (χ4v) is 3.52. The van der Waals surface area contributed by atoms with Crippen LogP contribution in [0.4, 0.5) is 0 Å². The molecule has 1 aromatic heterocycles. The molecule has 2 aromatic rings. The first-order chi connectivity index (χ1) is 13.0. The zero-order chi connectivity index (χ0) is 19.4. The maximum Gasteiger partial charge on any atom is 0.248 e. The Balaban J connectivity index is 1.78. The number of carbonyl (C=O) groups excluding carboxylic acids is 2. The van der Waals surface area contributed by atoms with Gasteiger partial charge in [0.25, 0.3) is 0 Å². The van der Waals surface area contributed by atoms with Gasteiger partial charge in [0.2, 0.25) is 11.8 Å². The summed E-state index contributed by atoms with van der Waals surface area (Å²) in [5, 5.41) is 0. The van der Waals surface area contributed by atoms with Crippen LogP contribution in [-0.2, 0) is 4.79 Å². The van der Waals surface area contributed by atoms with Gasteiger partial charge in [0.15, 0.2) is 0 Å². The van der Waals surface area contributed by atoms with E-state index in [1.54, 1.807) is 12.1 Å². The molecule has 2 amide bonds. The minimum Gasteiger partial charge on any atom is -0.366 e. The maximum atomic E-state index is 12.6. The van der Waals surface area contributed by atoms with E-state index in [2.05, 4.69) is 11.1 Å². The van der Waals surface area contributed by atoms with E-state index in [4.69, 9.17) is 5.73 Å². The van der Waals surface area contributed by atoms with E-state index < -0.39 is 5.91 Å². The number of carbonyl (C=O) groups is 2. The first-order valence-electron chi connectivity index (χ1n) is 9.26. The third-order valence-corrected chi connectivity index (χ3v) is 4.91. The van der Waals surface area contributed by atoms with E-state index in [0.29, 0.717) is 12.1 Å². The average molecular weight is 366 g/mol. The van der Waals surface area contributed by atoms with Gasteiger partial charge < -0.3 is 15.5 Å². The van der Waals surface area contributed by atoms with Gasteiger partial charge in [-0.1, -0.05) is 18.2 Å². The standard InChI is InChI=1S/C21H26N4O2/c1-24(2)14-20(26)25-12-4-3-5-19(25)17-10-11-18(23-13-17)15-6-8-16(9-7-15)21(22)27/h6-11,13,19H,3-5,12,14H2,1-2H3,(H2,22,27). The largest absolute Gasteiger partial charge is 0.366 e. The van der Waals surface area contributed by atoms with Crippen LogP contribution in [0.25, 0.3) is 11.3 Å². The summed E-state index contributed by atoms with van der Waals surface area (Å²) in [6, 6.07) is 11.2. The molecule has 2 N–H and O–H groups in total. The van der Waals surface area contributed by atoms with Crippen molar-refractivity contribution in [1.82, 2.24) is 14.8 Å². The molecular weight excluding hydrogens is 340 g/mol. The lowest BCUT2D eigenvalue weighted by Gasteiger charge is -2.36. The van der Waals surface area contributed by atoms with Gasteiger partial charge in [0, 0.05) is 23.9 Å². The Labute approximate surface area is 160 Å². The Bertz CT molecular complexity index is 800. The van der Waals surface area contributed by atoms with Crippen molar-refractivity contribution >= 4 is 11.8 Å². The first kappa shape index (κ1) is 19.0. The Kier molecular flexibility index (Phi) is 5.86. The van der Waals surface area contributed by atoms with Crippen molar-refractivity contribution in [1.29, 1.82) is 0 Å². The van der Waals surface area contributed by atoms with Gasteiger partial charge in [-0.15, -0.1) is 0 Å². The molecule has 3 rings (SSSR count). The Hall–Kier alpha value is -2.73. The van der Waals surface area contributed by atoms with Gasteiger partial charge in [0.1, 0.15) is 0 Å². The number of primary amides is 1. The second kappa shape index (κ2) is 8.31. The maximum absolute atomic E-state index is 12.6. The number of piperidine rings is 1. The van der Waals surface area contributed by atoms with E-state index in [1.165, 1.54) is 0 Å². The quantitative estimate of drug-likeness (QED) is 0.882. The minimum absolute atomic E-state index is 0.0880. The number of likely N-dealkylation sites (tertiary alicyclic amines) is 1. The van der Waals surface area contributed by atoms with Gasteiger partial charge in [-0.3, -0.25) is 14.6 Å². The molecule has 1 aromatic carbocycles. The van der Waals surface area contributed by atoms with Crippen LogP contribution in [0.5, 0.6) is 0 Å². The second-order valence-corrected chi connectivity index (χ2v) is 7.25. The summed E-state index contributed by atoms with van der Waals surface area (Å²) in [6.45, 7) is 1.22. The number of nitrogens with two attached hydrogens (primary N) is 1. The van der Waals surface area contributed by atoms with Crippen LogP contribution in [0, 0.1) is 0 Å². The number of benzene rings is 1. The molecule has 1 saturated heterocycles. The second-order valence-electron chi connectivity index (χ2n) is 7.25. The normalized spacial score (nSPS) is 17.1. The minimum atomic E-state index is -0.440. The highest BCUT2D eigenvalue weighted by Crippen LogP contribution is 2.31. The molecule has 1 aliphatic rings. The number of hydrogen-bond donors (Lipinski definition) is 1. The summed E-state index contributed by atoms with van der Waals surface area (Å²) >= 11 is 0. The highest BCUT2D eigenvalue weighted by atomic mass is 16.2. The predicted molar refractivity (Wildman–Crippen MR) is 105 cm³/mol. The van der Waals surface area contributed by atoms with Crippen LogP contribution in [0.15, 0.2) is 42.6 Å². The lowest BCUT2D eigenvalue weighted by molar-refractivity contribution is -0.135. The van der Waals surface area contributed by atoms with Crippen molar-refractivity contribution in [2.75, 3.05) is 27.2 Å². The van der Waals surface area contributed by atoms with E-state index in [1.807, 2.05) is 48.3 Å². The zero-order valence-corrected chi connectivity index (χ0v) is 15.9. The van der Waals surface area contributed by atoms with Gasteiger partial charge in [-0.25, -0.2) is 0 Å². The molecule has 1 fully saturated rings. The fourth-order valence-electron chi connectivity index (χ4n) is 3.52. The number of aromatic nitrogens is 1. The zero-order valence-electron chi connectivity index (χ0n) is 15.9. The molecule has 0 spiro atoms. The van der Waals surface area contributed by atoms with E-state index in [9.17, 15) is 9.59 Å². The molecule has 6 heteroatoms. The Morgan fingerprint density at radius 2 is 1.89 bits per heavy atom. The molecule has 1 atom stereocenters. The molecule has 6 nitrogen and oxygen atoms in total. The van der Waals surface area contributed by atoms with Crippen molar-refractivity contribution in [3.63, 3.8) is 0 Å².